The molecule has 0 atom stereocenters. The van der Waals surface area contributed by atoms with Gasteiger partial charge in [0.15, 0.2) is 0 Å². The molecule has 5 heteroatoms. The lowest BCUT2D eigenvalue weighted by Crippen LogP contribution is -2.43. The van der Waals surface area contributed by atoms with E-state index in [1.807, 2.05) is 24.9 Å². The van der Waals surface area contributed by atoms with E-state index in [1.54, 1.807) is 0 Å². The van der Waals surface area contributed by atoms with Crippen molar-refractivity contribution in [3.8, 4) is 0 Å². The molecule has 20 heavy (non-hydrogen) atoms. The average Bonchev–Trinajstić information content (AvgIpc) is 2.49. The summed E-state index contributed by atoms with van der Waals surface area (Å²) in [6.45, 7) is 5.08. The number of hydrogen-bond acceptors (Lipinski definition) is 3. The van der Waals surface area contributed by atoms with Crippen LogP contribution in [0.2, 0.25) is 0 Å². The number of nitrogens with two attached hydrogens (primary N) is 1. The van der Waals surface area contributed by atoms with E-state index in [0.29, 0.717) is 0 Å². The zero-order valence-electron chi connectivity index (χ0n) is 12.5. The highest BCUT2D eigenvalue weighted by Crippen LogP contribution is 2.00. The topological polar surface area (TPSA) is 62.9 Å². The lowest BCUT2D eigenvalue weighted by molar-refractivity contribution is 0.146. The molecule has 0 unspecified atom stereocenters. The van der Waals surface area contributed by atoms with Crippen LogP contribution in [0.1, 0.15) is 18.9 Å². The van der Waals surface area contributed by atoms with Gasteiger partial charge in [0.1, 0.15) is 0 Å². The van der Waals surface area contributed by atoms with Crippen LogP contribution in [-0.2, 0) is 11.2 Å². The number of hydrazine groups is 1. The zero-order valence-corrected chi connectivity index (χ0v) is 12.5. The zero-order chi connectivity index (χ0) is 14.6. The van der Waals surface area contributed by atoms with Crippen LogP contribution in [0.25, 0.3) is 0 Å². The van der Waals surface area contributed by atoms with Crippen molar-refractivity contribution in [2.24, 2.45) is 10.8 Å². The lowest BCUT2D eigenvalue weighted by atomic mass is 10.1. The molecule has 0 aliphatic carbocycles. The van der Waals surface area contributed by atoms with Crippen LogP contribution in [0.3, 0.4) is 0 Å². The molecule has 0 spiro atoms. The summed E-state index contributed by atoms with van der Waals surface area (Å²) in [6.07, 6.45) is 1.88. The molecule has 1 rings (SSSR count). The van der Waals surface area contributed by atoms with Crippen molar-refractivity contribution >= 4 is 5.96 Å². The van der Waals surface area contributed by atoms with Crippen LogP contribution in [0.4, 0.5) is 0 Å². The molecule has 112 valence electrons. The molecule has 3 N–H and O–H groups in total. The number of ether oxygens (including phenoxy) is 1. The average molecular weight is 278 g/mol. The van der Waals surface area contributed by atoms with E-state index in [9.17, 15) is 0 Å². The number of benzene rings is 1. The van der Waals surface area contributed by atoms with Crippen molar-refractivity contribution in [2.75, 3.05) is 33.4 Å². The third kappa shape index (κ3) is 6.54. The maximum atomic E-state index is 5.53. The highest BCUT2D eigenvalue weighted by molar-refractivity contribution is 5.79. The molecular formula is C15H26N4O. The molecule has 0 saturated heterocycles. The highest BCUT2D eigenvalue weighted by Gasteiger charge is 2.04. The SMILES string of the molecule is CCOCCCN=C(NN)N(C)CCc1ccccc1. The number of rotatable bonds is 8. The van der Waals surface area contributed by atoms with E-state index in [1.165, 1.54) is 5.56 Å². The molecule has 0 fully saturated rings. The monoisotopic (exact) mass is 278 g/mol. The normalized spacial score (nSPS) is 11.4. The first-order chi connectivity index (χ1) is 9.77. The fraction of sp³-hybridized carbons (Fsp3) is 0.533. The molecule has 0 saturated carbocycles. The van der Waals surface area contributed by atoms with Gasteiger partial charge in [-0.25, -0.2) is 5.84 Å². The third-order valence-corrected chi connectivity index (χ3v) is 2.98. The van der Waals surface area contributed by atoms with Gasteiger partial charge in [-0.2, -0.15) is 0 Å². The Hall–Kier alpha value is -1.59. The van der Waals surface area contributed by atoms with Crippen molar-refractivity contribution in [3.63, 3.8) is 0 Å². The summed E-state index contributed by atoms with van der Waals surface area (Å²) in [5.41, 5.74) is 3.98. The van der Waals surface area contributed by atoms with E-state index >= 15 is 0 Å². The first kappa shape index (κ1) is 16.5. The van der Waals surface area contributed by atoms with Crippen molar-refractivity contribution in [3.05, 3.63) is 35.9 Å². The smallest absolute Gasteiger partial charge is 0.208 e. The largest absolute Gasteiger partial charge is 0.382 e. The minimum absolute atomic E-state index is 0.717. The Labute approximate surface area is 121 Å². The van der Waals surface area contributed by atoms with Gasteiger partial charge in [0.2, 0.25) is 5.96 Å². The first-order valence-corrected chi connectivity index (χ1v) is 7.11. The van der Waals surface area contributed by atoms with Gasteiger partial charge >= 0.3 is 0 Å². The van der Waals surface area contributed by atoms with Gasteiger partial charge in [0.25, 0.3) is 0 Å². The first-order valence-electron chi connectivity index (χ1n) is 7.11. The van der Waals surface area contributed by atoms with Gasteiger partial charge in [-0.15, -0.1) is 0 Å². The molecular weight excluding hydrogens is 252 g/mol. The Morgan fingerprint density at radius 1 is 1.35 bits per heavy atom. The maximum Gasteiger partial charge on any atom is 0.208 e. The second-order valence-corrected chi connectivity index (χ2v) is 4.56. The van der Waals surface area contributed by atoms with Crippen molar-refractivity contribution in [2.45, 2.75) is 19.8 Å². The molecule has 0 aliphatic rings. The molecule has 0 aromatic heterocycles. The predicted octanol–water partition coefficient (Wildman–Crippen LogP) is 1.41. The van der Waals surface area contributed by atoms with Crippen molar-refractivity contribution in [1.82, 2.24) is 10.3 Å². The summed E-state index contributed by atoms with van der Waals surface area (Å²) in [7, 11) is 1.99. The van der Waals surface area contributed by atoms with Crippen LogP contribution in [0, 0.1) is 0 Å². The van der Waals surface area contributed by atoms with E-state index in [0.717, 1.165) is 45.1 Å². The molecule has 0 bridgehead atoms. The fourth-order valence-electron chi connectivity index (χ4n) is 1.82. The highest BCUT2D eigenvalue weighted by atomic mass is 16.5. The maximum absolute atomic E-state index is 5.53. The number of hydrogen-bond donors (Lipinski definition) is 2. The quantitative estimate of drug-likeness (QED) is 0.248. The minimum Gasteiger partial charge on any atom is -0.382 e. The van der Waals surface area contributed by atoms with Crippen LogP contribution in [0.15, 0.2) is 35.3 Å². The predicted molar refractivity (Wildman–Crippen MR) is 83.5 cm³/mol. The van der Waals surface area contributed by atoms with Gasteiger partial charge in [-0.1, -0.05) is 30.3 Å². The van der Waals surface area contributed by atoms with Crippen LogP contribution < -0.4 is 11.3 Å². The van der Waals surface area contributed by atoms with E-state index in [4.69, 9.17) is 10.6 Å². The number of nitrogens with one attached hydrogen (secondary N) is 1. The summed E-state index contributed by atoms with van der Waals surface area (Å²) in [4.78, 5) is 6.49. The number of guanidine groups is 1. The van der Waals surface area contributed by atoms with E-state index < -0.39 is 0 Å². The Kier molecular flexibility index (Phi) is 8.42. The lowest BCUT2D eigenvalue weighted by Gasteiger charge is -2.20. The number of likely N-dealkylation sites (N-methyl/N-ethyl adjacent to an activating group) is 1. The number of nitrogens with zero attached hydrogens (tertiary/aromatic N) is 2. The van der Waals surface area contributed by atoms with Gasteiger partial charge in [0.05, 0.1) is 0 Å². The van der Waals surface area contributed by atoms with Crippen LogP contribution >= 0.6 is 0 Å². The minimum atomic E-state index is 0.717. The van der Waals surface area contributed by atoms with Crippen molar-refractivity contribution in [1.29, 1.82) is 0 Å². The fourth-order valence-corrected chi connectivity index (χ4v) is 1.82. The van der Waals surface area contributed by atoms with Gasteiger partial charge in [-0.05, 0) is 25.3 Å². The summed E-state index contributed by atoms with van der Waals surface area (Å²) >= 11 is 0. The summed E-state index contributed by atoms with van der Waals surface area (Å²) in [5, 5.41) is 0. The molecule has 5 nitrogen and oxygen atoms in total. The molecule has 0 heterocycles. The Bertz CT molecular complexity index is 381. The summed E-state index contributed by atoms with van der Waals surface area (Å²) in [6, 6.07) is 10.4. The van der Waals surface area contributed by atoms with Gasteiger partial charge in [0, 0.05) is 33.4 Å². The molecule has 0 amide bonds. The Morgan fingerprint density at radius 3 is 2.75 bits per heavy atom. The molecule has 1 aromatic carbocycles. The van der Waals surface area contributed by atoms with Crippen LogP contribution in [0.5, 0.6) is 0 Å². The van der Waals surface area contributed by atoms with Crippen molar-refractivity contribution < 1.29 is 4.74 Å². The Morgan fingerprint density at radius 2 is 2.10 bits per heavy atom. The molecule has 0 aliphatic heterocycles. The molecule has 1 aromatic rings. The van der Waals surface area contributed by atoms with E-state index in [2.05, 4.69) is 34.7 Å². The second kappa shape index (κ2) is 10.2. The summed E-state index contributed by atoms with van der Waals surface area (Å²) < 4.78 is 5.28. The van der Waals surface area contributed by atoms with E-state index in [-0.39, 0.29) is 0 Å². The standard InChI is InChI=1S/C15H26N4O/c1-3-20-13-7-11-17-15(18-16)19(2)12-10-14-8-5-4-6-9-14/h4-6,8-9H,3,7,10-13,16H2,1-2H3,(H,17,18). The molecule has 0 radical (unpaired) electrons. The summed E-state index contributed by atoms with van der Waals surface area (Å²) in [5.74, 6) is 6.25. The van der Waals surface area contributed by atoms with Gasteiger partial charge in [-0.3, -0.25) is 10.4 Å². The third-order valence-electron chi connectivity index (χ3n) is 2.98. The Balaban J connectivity index is 2.34. The number of aliphatic imine (C=N–C) groups is 1. The second-order valence-electron chi connectivity index (χ2n) is 4.56. The van der Waals surface area contributed by atoms with Gasteiger partial charge < -0.3 is 9.64 Å². The van der Waals surface area contributed by atoms with Crippen LogP contribution in [-0.4, -0.2) is 44.2 Å².